The zero-order valence-corrected chi connectivity index (χ0v) is 34.9. The molecule has 0 aromatic heterocycles. The summed E-state index contributed by atoms with van der Waals surface area (Å²) in [4.78, 5) is 45.8. The highest BCUT2D eigenvalue weighted by Crippen LogP contribution is 2.43. The molecule has 5 N–H and O–H groups in total. The second-order valence-corrected chi connectivity index (χ2v) is 14.3. The number of aliphatic carboxylic acids is 1. The van der Waals surface area contributed by atoms with Gasteiger partial charge < -0.3 is 30.3 Å². The number of unbranched alkanes of at least 4 members (excludes halogenated alkanes) is 3. The number of carbonyl (C=O) groups is 3. The average molecular weight is 818 g/mol. The molecule has 0 amide bonds. The van der Waals surface area contributed by atoms with Crippen molar-refractivity contribution in [1.29, 1.82) is 0 Å². The normalized spacial score (nSPS) is 15.5. The Hall–Kier alpha value is -3.90. The Balaban J connectivity index is 4.68. The molecular weight excluding hydrogens is 749 g/mol. The minimum atomic E-state index is -4.76. The molecule has 0 spiro atoms. The Bertz CT molecular complexity index is 1390. The number of carboxylic acid groups (broad SMARTS) is 1. The number of phosphoric ester groups is 1. The molecule has 2 unspecified atom stereocenters. The van der Waals surface area contributed by atoms with Gasteiger partial charge in [0.05, 0.1) is 19.3 Å². The van der Waals surface area contributed by atoms with E-state index in [0.29, 0.717) is 32.1 Å². The number of ether oxygens (including phenoxy) is 2. The van der Waals surface area contributed by atoms with Crippen LogP contribution in [0.2, 0.25) is 0 Å². The molecule has 0 bridgehead atoms. The van der Waals surface area contributed by atoms with E-state index in [0.717, 1.165) is 51.4 Å². The van der Waals surface area contributed by atoms with Gasteiger partial charge >= 0.3 is 25.7 Å². The smallest absolute Gasteiger partial charge is 0.472 e. The quantitative estimate of drug-likeness (QED) is 0.0156. The van der Waals surface area contributed by atoms with Crippen molar-refractivity contribution in [3.05, 3.63) is 109 Å². The van der Waals surface area contributed by atoms with Crippen molar-refractivity contribution >= 4 is 25.7 Å². The van der Waals surface area contributed by atoms with Crippen LogP contribution in [0.4, 0.5) is 0 Å². The molecule has 0 aliphatic carbocycles. The van der Waals surface area contributed by atoms with E-state index in [1.807, 2.05) is 36.5 Å². The van der Waals surface area contributed by atoms with Crippen molar-refractivity contribution in [2.75, 3.05) is 19.8 Å². The van der Waals surface area contributed by atoms with Gasteiger partial charge in [-0.15, -0.1) is 0 Å². The van der Waals surface area contributed by atoms with Crippen molar-refractivity contribution in [1.82, 2.24) is 0 Å². The fraction of sp³-hybridized carbons (Fsp3) is 0.523. The first-order chi connectivity index (χ1) is 27.5. The van der Waals surface area contributed by atoms with Crippen LogP contribution in [0.1, 0.15) is 110 Å². The first kappa shape index (κ1) is 53.1. The number of nitrogens with two attached hydrogens (primary N) is 1. The SMILES string of the molecule is CC/C=C\C/C=C\C/C=C\C/C=C\CCCCC(=O)OC[C@H](COP(=O)(O)OC[C@H](N)C(=O)O)OC(=O)CCC/C=C\C/C=C\C=C\C(O)C/C=C\C/C=C\CC. The summed E-state index contributed by atoms with van der Waals surface area (Å²) in [6.45, 7) is 2.35. The van der Waals surface area contributed by atoms with E-state index in [2.05, 4.69) is 79.1 Å². The molecule has 57 heavy (non-hydrogen) atoms. The van der Waals surface area contributed by atoms with Gasteiger partial charge in [-0.05, 0) is 83.5 Å². The molecule has 0 aromatic carbocycles. The van der Waals surface area contributed by atoms with E-state index in [-0.39, 0.29) is 12.8 Å². The lowest BCUT2D eigenvalue weighted by atomic mass is 10.2. The molecule has 0 rings (SSSR count). The highest BCUT2D eigenvalue weighted by atomic mass is 31.2. The molecule has 0 aliphatic heterocycles. The highest BCUT2D eigenvalue weighted by Gasteiger charge is 2.28. The molecule has 13 heteroatoms. The summed E-state index contributed by atoms with van der Waals surface area (Å²) in [7, 11) is -4.76. The van der Waals surface area contributed by atoms with E-state index < -0.39 is 63.8 Å². The number of aliphatic hydroxyl groups excluding tert-OH is 1. The Morgan fingerprint density at radius 3 is 1.74 bits per heavy atom. The van der Waals surface area contributed by atoms with Crippen molar-refractivity contribution < 1.29 is 52.6 Å². The number of hydrogen-bond donors (Lipinski definition) is 4. The third-order valence-corrected chi connectivity index (χ3v) is 8.55. The molecule has 4 atom stereocenters. The standard InChI is InChI=1S/C44H68NO11P/c1-3-5-7-9-11-12-13-14-15-16-17-18-22-26-30-34-42(47)53-36-40(37-54-57(51,52)55-38-41(45)44(49)50)56-43(48)35-31-27-23-20-19-21-25-29-33-39(46)32-28-24-10-8-6-4-2/h5-8,11-12,14-15,17-18,20-21,23-25,28-29,33,39-41,46H,3-4,9-10,13,16,19,22,26-27,30-32,34-38,45H2,1-2H3,(H,49,50)(H,51,52)/b7-5-,8-6-,12-11-,15-14-,18-17-,23-20-,25-21-,28-24-,33-29+/t39?,40-,41+/m1/s1. The first-order valence-corrected chi connectivity index (χ1v) is 21.5. The maximum absolute atomic E-state index is 12.6. The number of hydrogen-bond acceptors (Lipinski definition) is 10. The van der Waals surface area contributed by atoms with E-state index in [1.165, 1.54) is 0 Å². The summed E-state index contributed by atoms with van der Waals surface area (Å²) in [5.41, 5.74) is 5.31. The van der Waals surface area contributed by atoms with Crippen LogP contribution in [0.25, 0.3) is 0 Å². The lowest BCUT2D eigenvalue weighted by Crippen LogP contribution is -2.34. The summed E-state index contributed by atoms with van der Waals surface area (Å²) < 4.78 is 32.5. The van der Waals surface area contributed by atoms with Gasteiger partial charge in [-0.2, -0.15) is 0 Å². The van der Waals surface area contributed by atoms with Crippen molar-refractivity contribution in [2.24, 2.45) is 5.73 Å². The topological polar surface area (TPSA) is 192 Å². The predicted octanol–water partition coefficient (Wildman–Crippen LogP) is 9.24. The second kappa shape index (κ2) is 37.7. The maximum Gasteiger partial charge on any atom is 0.472 e. The predicted molar refractivity (Wildman–Crippen MR) is 227 cm³/mol. The number of carbonyl (C=O) groups excluding carboxylic acids is 2. The van der Waals surface area contributed by atoms with Crippen LogP contribution >= 0.6 is 7.82 Å². The maximum atomic E-state index is 12.6. The zero-order valence-electron chi connectivity index (χ0n) is 34.0. The van der Waals surface area contributed by atoms with Crippen LogP contribution in [-0.4, -0.2) is 71.1 Å². The lowest BCUT2D eigenvalue weighted by Gasteiger charge is -2.20. The van der Waals surface area contributed by atoms with Gasteiger partial charge in [0, 0.05) is 12.8 Å². The van der Waals surface area contributed by atoms with E-state index >= 15 is 0 Å². The number of aliphatic hydroxyl groups is 1. The number of rotatable bonds is 35. The van der Waals surface area contributed by atoms with Gasteiger partial charge in [-0.1, -0.05) is 123 Å². The number of allylic oxidation sites excluding steroid dienone is 16. The van der Waals surface area contributed by atoms with Gasteiger partial charge in [-0.25, -0.2) is 4.57 Å². The third kappa shape index (κ3) is 37.4. The molecule has 12 nitrogen and oxygen atoms in total. The third-order valence-electron chi connectivity index (χ3n) is 7.60. The lowest BCUT2D eigenvalue weighted by molar-refractivity contribution is -0.161. The van der Waals surface area contributed by atoms with Crippen molar-refractivity contribution in [3.8, 4) is 0 Å². The largest absolute Gasteiger partial charge is 0.480 e. The minimum Gasteiger partial charge on any atom is -0.480 e. The molecule has 0 aliphatic rings. The summed E-state index contributed by atoms with van der Waals surface area (Å²) in [6, 6.07) is -1.55. The molecule has 0 fully saturated rings. The molecule has 320 valence electrons. The second-order valence-electron chi connectivity index (χ2n) is 12.8. The van der Waals surface area contributed by atoms with Gasteiger partial charge in [0.25, 0.3) is 0 Å². The van der Waals surface area contributed by atoms with Crippen molar-refractivity contribution in [2.45, 2.75) is 128 Å². The Labute approximate surface area is 340 Å². The van der Waals surface area contributed by atoms with Gasteiger partial charge in [-0.3, -0.25) is 23.4 Å². The summed E-state index contributed by atoms with van der Waals surface area (Å²) in [5.74, 6) is -2.58. The monoisotopic (exact) mass is 817 g/mol. The van der Waals surface area contributed by atoms with Gasteiger partial charge in [0.15, 0.2) is 6.10 Å². The zero-order chi connectivity index (χ0) is 42.2. The van der Waals surface area contributed by atoms with Crippen LogP contribution in [0.3, 0.4) is 0 Å². The first-order valence-electron chi connectivity index (χ1n) is 20.0. The number of phosphoric acid groups is 1. The van der Waals surface area contributed by atoms with Crippen molar-refractivity contribution in [3.63, 3.8) is 0 Å². The summed E-state index contributed by atoms with van der Waals surface area (Å²) in [6.07, 6.45) is 44.9. The fourth-order valence-corrected chi connectivity index (χ4v) is 5.25. The van der Waals surface area contributed by atoms with E-state index in [9.17, 15) is 28.9 Å². The van der Waals surface area contributed by atoms with Gasteiger partial charge in [0.2, 0.25) is 0 Å². The Morgan fingerprint density at radius 1 is 0.632 bits per heavy atom. The molecule has 0 saturated carbocycles. The Morgan fingerprint density at radius 2 is 1.14 bits per heavy atom. The van der Waals surface area contributed by atoms with Crippen LogP contribution in [-0.2, 0) is 37.5 Å². The molecule has 0 heterocycles. The Kier molecular flexibility index (Phi) is 35.1. The summed E-state index contributed by atoms with van der Waals surface area (Å²) >= 11 is 0. The summed E-state index contributed by atoms with van der Waals surface area (Å²) in [5, 5.41) is 18.9. The molecular formula is C44H68NO11P. The van der Waals surface area contributed by atoms with Crippen LogP contribution in [0.5, 0.6) is 0 Å². The molecule has 0 aromatic rings. The molecule has 0 saturated heterocycles. The van der Waals surface area contributed by atoms with E-state index in [1.54, 1.807) is 12.2 Å². The van der Waals surface area contributed by atoms with Gasteiger partial charge in [0.1, 0.15) is 12.6 Å². The molecule has 0 radical (unpaired) electrons. The number of carboxylic acids is 1. The highest BCUT2D eigenvalue weighted by molar-refractivity contribution is 7.47. The average Bonchev–Trinajstić information content (AvgIpc) is 3.18. The van der Waals surface area contributed by atoms with Crippen LogP contribution < -0.4 is 5.73 Å². The van der Waals surface area contributed by atoms with Crippen LogP contribution in [0.15, 0.2) is 109 Å². The number of esters is 2. The van der Waals surface area contributed by atoms with Crippen LogP contribution in [0, 0.1) is 0 Å². The minimum absolute atomic E-state index is 0.0344. The van der Waals surface area contributed by atoms with E-state index in [4.69, 9.17) is 24.8 Å². The fourth-order valence-electron chi connectivity index (χ4n) is 4.47.